The summed E-state index contributed by atoms with van der Waals surface area (Å²) in [5.41, 5.74) is 0.00138. The standard InChI is InChI=1S/C15H22FNO3S/c1-11-4-3-5-13(8-11)17(2)21(19,20)14-6-7-15(16)12(9-14)10-18/h6-7,9,11,13,18H,3-5,8,10H2,1-2H3. The summed E-state index contributed by atoms with van der Waals surface area (Å²) in [5, 5.41) is 9.08. The molecule has 21 heavy (non-hydrogen) atoms. The Morgan fingerprint density at radius 2 is 2.10 bits per heavy atom. The molecule has 0 bridgehead atoms. The molecule has 0 heterocycles. The van der Waals surface area contributed by atoms with Gasteiger partial charge in [-0.1, -0.05) is 19.8 Å². The molecule has 1 fully saturated rings. The molecule has 1 aliphatic rings. The van der Waals surface area contributed by atoms with E-state index in [0.29, 0.717) is 5.92 Å². The molecule has 1 aliphatic carbocycles. The van der Waals surface area contributed by atoms with Crippen LogP contribution in [0.5, 0.6) is 0 Å². The van der Waals surface area contributed by atoms with Gasteiger partial charge in [0.1, 0.15) is 5.82 Å². The number of hydrogen-bond acceptors (Lipinski definition) is 3. The number of hydrogen-bond donors (Lipinski definition) is 1. The lowest BCUT2D eigenvalue weighted by atomic mass is 9.87. The van der Waals surface area contributed by atoms with Gasteiger partial charge in [-0.2, -0.15) is 4.31 Å². The molecule has 0 radical (unpaired) electrons. The molecule has 1 saturated carbocycles. The van der Waals surface area contributed by atoms with Crippen molar-refractivity contribution in [3.05, 3.63) is 29.6 Å². The maximum absolute atomic E-state index is 13.4. The van der Waals surface area contributed by atoms with E-state index in [0.717, 1.165) is 31.7 Å². The third-order valence-corrected chi connectivity index (χ3v) is 6.19. The highest BCUT2D eigenvalue weighted by molar-refractivity contribution is 7.89. The third-order valence-electron chi connectivity index (χ3n) is 4.29. The fourth-order valence-corrected chi connectivity index (χ4v) is 4.38. The Morgan fingerprint density at radius 3 is 2.71 bits per heavy atom. The Labute approximate surface area is 125 Å². The van der Waals surface area contributed by atoms with Gasteiger partial charge in [-0.25, -0.2) is 12.8 Å². The summed E-state index contributed by atoms with van der Waals surface area (Å²) in [6.07, 6.45) is 3.87. The zero-order chi connectivity index (χ0) is 15.6. The van der Waals surface area contributed by atoms with E-state index in [1.165, 1.54) is 16.4 Å². The first-order valence-electron chi connectivity index (χ1n) is 7.23. The van der Waals surface area contributed by atoms with Crippen LogP contribution in [0, 0.1) is 11.7 Å². The zero-order valence-corrected chi connectivity index (χ0v) is 13.2. The Kier molecular flexibility index (Phi) is 5.01. The number of rotatable bonds is 4. The molecule has 1 aromatic rings. The second-order valence-electron chi connectivity index (χ2n) is 5.86. The Hall–Kier alpha value is -0.980. The van der Waals surface area contributed by atoms with E-state index in [2.05, 4.69) is 6.92 Å². The summed E-state index contributed by atoms with van der Waals surface area (Å²) >= 11 is 0. The van der Waals surface area contributed by atoms with Crippen LogP contribution in [0.15, 0.2) is 23.1 Å². The van der Waals surface area contributed by atoms with Crippen LogP contribution in [-0.2, 0) is 16.6 Å². The van der Waals surface area contributed by atoms with Gasteiger partial charge in [-0.15, -0.1) is 0 Å². The minimum Gasteiger partial charge on any atom is -0.392 e. The summed E-state index contributed by atoms with van der Waals surface area (Å²) in [5.74, 6) is -0.0759. The number of aliphatic hydroxyl groups excluding tert-OH is 1. The van der Waals surface area contributed by atoms with E-state index in [1.54, 1.807) is 7.05 Å². The van der Waals surface area contributed by atoms with Crippen LogP contribution in [-0.4, -0.2) is 30.9 Å². The predicted molar refractivity (Wildman–Crippen MR) is 78.7 cm³/mol. The van der Waals surface area contributed by atoms with E-state index in [4.69, 9.17) is 5.11 Å². The van der Waals surface area contributed by atoms with Crippen LogP contribution in [0.2, 0.25) is 0 Å². The highest BCUT2D eigenvalue weighted by Gasteiger charge is 2.31. The first kappa shape index (κ1) is 16.4. The summed E-state index contributed by atoms with van der Waals surface area (Å²) < 4.78 is 40.1. The van der Waals surface area contributed by atoms with Crippen molar-refractivity contribution in [1.29, 1.82) is 0 Å². The number of aliphatic hydroxyl groups is 1. The summed E-state index contributed by atoms with van der Waals surface area (Å²) in [7, 11) is -2.07. The SMILES string of the molecule is CC1CCCC(N(C)S(=O)(=O)c2ccc(F)c(CO)c2)C1. The average Bonchev–Trinajstić information content (AvgIpc) is 2.46. The van der Waals surface area contributed by atoms with Gasteiger partial charge in [0.25, 0.3) is 0 Å². The monoisotopic (exact) mass is 315 g/mol. The molecule has 2 atom stereocenters. The van der Waals surface area contributed by atoms with Gasteiger partial charge in [0, 0.05) is 18.7 Å². The lowest BCUT2D eigenvalue weighted by Gasteiger charge is -2.33. The van der Waals surface area contributed by atoms with Crippen LogP contribution in [0.4, 0.5) is 4.39 Å². The largest absolute Gasteiger partial charge is 0.392 e. The highest BCUT2D eigenvalue weighted by Crippen LogP contribution is 2.30. The quantitative estimate of drug-likeness (QED) is 0.929. The van der Waals surface area contributed by atoms with E-state index in [9.17, 15) is 12.8 Å². The fraction of sp³-hybridized carbons (Fsp3) is 0.600. The van der Waals surface area contributed by atoms with Gasteiger partial charge >= 0.3 is 0 Å². The minimum atomic E-state index is -3.66. The van der Waals surface area contributed by atoms with Gasteiger partial charge in [0.05, 0.1) is 11.5 Å². The Bertz CT molecular complexity index is 603. The van der Waals surface area contributed by atoms with E-state index >= 15 is 0 Å². The average molecular weight is 315 g/mol. The molecule has 118 valence electrons. The molecule has 2 unspecified atom stereocenters. The van der Waals surface area contributed by atoms with Crippen molar-refractivity contribution in [3.63, 3.8) is 0 Å². The lowest BCUT2D eigenvalue weighted by molar-refractivity contribution is 0.239. The van der Waals surface area contributed by atoms with Gasteiger partial charge < -0.3 is 5.11 Å². The fourth-order valence-electron chi connectivity index (χ4n) is 2.93. The molecule has 6 heteroatoms. The second-order valence-corrected chi connectivity index (χ2v) is 7.86. The second kappa shape index (κ2) is 6.42. The maximum atomic E-state index is 13.4. The van der Waals surface area contributed by atoms with Gasteiger partial charge in [0.2, 0.25) is 10.0 Å². The van der Waals surface area contributed by atoms with Crippen molar-refractivity contribution in [1.82, 2.24) is 4.31 Å². The van der Waals surface area contributed by atoms with Crippen molar-refractivity contribution in [2.45, 2.75) is 50.2 Å². The smallest absolute Gasteiger partial charge is 0.243 e. The van der Waals surface area contributed by atoms with Crippen LogP contribution in [0.1, 0.15) is 38.2 Å². The summed E-state index contributed by atoms with van der Waals surface area (Å²) in [4.78, 5) is 0.0358. The van der Waals surface area contributed by atoms with Gasteiger partial charge in [-0.05, 0) is 37.0 Å². The van der Waals surface area contributed by atoms with Gasteiger partial charge in [0.15, 0.2) is 0 Å². The predicted octanol–water partition coefficient (Wildman–Crippen LogP) is 2.52. The normalized spacial score (nSPS) is 23.5. The Morgan fingerprint density at radius 1 is 1.38 bits per heavy atom. The highest BCUT2D eigenvalue weighted by atomic mass is 32.2. The summed E-state index contributed by atoms with van der Waals surface area (Å²) in [6.45, 7) is 1.62. The molecule has 0 aliphatic heterocycles. The number of benzene rings is 1. The lowest BCUT2D eigenvalue weighted by Crippen LogP contribution is -2.39. The van der Waals surface area contributed by atoms with Crippen LogP contribution in [0.3, 0.4) is 0 Å². The molecule has 2 rings (SSSR count). The molecule has 0 saturated heterocycles. The Balaban J connectivity index is 2.28. The number of nitrogens with zero attached hydrogens (tertiary/aromatic N) is 1. The van der Waals surface area contributed by atoms with Crippen molar-refractivity contribution >= 4 is 10.0 Å². The minimum absolute atomic E-state index is 0.00138. The van der Waals surface area contributed by atoms with Crippen molar-refractivity contribution in [2.75, 3.05) is 7.05 Å². The topological polar surface area (TPSA) is 57.6 Å². The number of sulfonamides is 1. The van der Waals surface area contributed by atoms with Crippen molar-refractivity contribution in [3.8, 4) is 0 Å². The summed E-state index contributed by atoms with van der Waals surface area (Å²) in [6, 6.07) is 3.55. The van der Waals surface area contributed by atoms with Crippen LogP contribution in [0.25, 0.3) is 0 Å². The molecule has 1 aromatic carbocycles. The molecule has 4 nitrogen and oxygen atoms in total. The van der Waals surface area contributed by atoms with Crippen LogP contribution >= 0.6 is 0 Å². The first-order valence-corrected chi connectivity index (χ1v) is 8.67. The molecular formula is C15H22FNO3S. The van der Waals surface area contributed by atoms with Crippen LogP contribution < -0.4 is 0 Å². The third kappa shape index (κ3) is 3.44. The molecular weight excluding hydrogens is 293 g/mol. The van der Waals surface area contributed by atoms with Crippen molar-refractivity contribution < 1.29 is 17.9 Å². The van der Waals surface area contributed by atoms with E-state index in [-0.39, 0.29) is 16.5 Å². The van der Waals surface area contributed by atoms with Crippen molar-refractivity contribution in [2.24, 2.45) is 5.92 Å². The van der Waals surface area contributed by atoms with E-state index in [1.807, 2.05) is 0 Å². The molecule has 0 spiro atoms. The van der Waals surface area contributed by atoms with E-state index < -0.39 is 22.4 Å². The molecule has 1 N–H and O–H groups in total. The molecule has 0 amide bonds. The number of halogens is 1. The first-order chi connectivity index (χ1) is 9.86. The zero-order valence-electron chi connectivity index (χ0n) is 12.4. The van der Waals surface area contributed by atoms with Gasteiger partial charge in [-0.3, -0.25) is 0 Å². The maximum Gasteiger partial charge on any atom is 0.243 e. The molecule has 0 aromatic heterocycles.